The molecule has 2 N–H and O–H groups in total. The third kappa shape index (κ3) is 4.96. The molecule has 0 aromatic heterocycles. The summed E-state index contributed by atoms with van der Waals surface area (Å²) in [5.41, 5.74) is 0.0966. The van der Waals surface area contributed by atoms with Crippen molar-refractivity contribution in [3.8, 4) is 0 Å². The summed E-state index contributed by atoms with van der Waals surface area (Å²) in [6.07, 6.45) is 9.14. The zero-order valence-corrected chi connectivity index (χ0v) is 20.5. The van der Waals surface area contributed by atoms with Gasteiger partial charge in [0.25, 0.3) is 0 Å². The number of aliphatic hydroxyl groups excluding tert-OH is 1. The lowest BCUT2D eigenvalue weighted by molar-refractivity contribution is -0.151. The van der Waals surface area contributed by atoms with E-state index >= 15 is 0 Å². The quantitative estimate of drug-likeness (QED) is 0.652. The van der Waals surface area contributed by atoms with E-state index in [9.17, 15) is 14.7 Å². The first kappa shape index (κ1) is 24.5. The summed E-state index contributed by atoms with van der Waals surface area (Å²) in [6, 6.07) is 0.134. The number of rotatable bonds is 6. The number of hydrogen-bond donors (Lipinski definition) is 2. The predicted octanol–water partition coefficient (Wildman–Crippen LogP) is 4.38. The number of nitrogens with one attached hydrogen (secondary N) is 1. The van der Waals surface area contributed by atoms with Crippen LogP contribution in [0.15, 0.2) is 0 Å². The molecule has 5 heteroatoms. The van der Waals surface area contributed by atoms with Crippen LogP contribution in [0, 0.1) is 35.0 Å². The van der Waals surface area contributed by atoms with Gasteiger partial charge < -0.3 is 15.3 Å². The molecule has 3 aliphatic carbocycles. The molecule has 0 aromatic carbocycles. The van der Waals surface area contributed by atoms with Gasteiger partial charge in [0.05, 0.1) is 6.10 Å². The molecule has 178 valence electrons. The Balaban J connectivity index is 1.71. The van der Waals surface area contributed by atoms with E-state index in [2.05, 4.69) is 19.2 Å². The van der Waals surface area contributed by atoms with Crippen molar-refractivity contribution in [2.45, 2.75) is 105 Å². The Morgan fingerprint density at radius 1 is 1.06 bits per heavy atom. The van der Waals surface area contributed by atoms with Gasteiger partial charge >= 0.3 is 0 Å². The average Bonchev–Trinajstić information content (AvgIpc) is 2.76. The molecule has 1 unspecified atom stereocenters. The zero-order valence-electron chi connectivity index (χ0n) is 20.5. The molecule has 0 spiro atoms. The molecule has 3 fully saturated rings. The first-order valence-electron chi connectivity index (χ1n) is 13.0. The molecule has 0 aromatic rings. The summed E-state index contributed by atoms with van der Waals surface area (Å²) in [5, 5.41) is 15.0. The van der Waals surface area contributed by atoms with Crippen LogP contribution in [0.25, 0.3) is 0 Å². The van der Waals surface area contributed by atoms with Crippen LogP contribution in [0.5, 0.6) is 0 Å². The number of nitrogens with zero attached hydrogens (tertiary/aromatic N) is 1. The van der Waals surface area contributed by atoms with E-state index in [4.69, 9.17) is 0 Å². The lowest BCUT2D eigenvalue weighted by Crippen LogP contribution is -2.59. The van der Waals surface area contributed by atoms with Gasteiger partial charge in [-0.2, -0.15) is 0 Å². The molecule has 2 amide bonds. The van der Waals surface area contributed by atoms with Crippen molar-refractivity contribution < 1.29 is 14.7 Å². The van der Waals surface area contributed by atoms with Crippen molar-refractivity contribution in [2.75, 3.05) is 13.1 Å². The fourth-order valence-corrected chi connectivity index (χ4v) is 7.17. The normalized spacial score (nSPS) is 37.5. The molecule has 3 rings (SSSR count). The third-order valence-corrected chi connectivity index (χ3v) is 9.30. The summed E-state index contributed by atoms with van der Waals surface area (Å²) in [6.45, 7) is 12.0. The molecule has 31 heavy (non-hydrogen) atoms. The van der Waals surface area contributed by atoms with Crippen LogP contribution in [-0.4, -0.2) is 47.1 Å². The lowest BCUT2D eigenvalue weighted by Gasteiger charge is -2.56. The Bertz CT molecular complexity index is 628. The fourth-order valence-electron chi connectivity index (χ4n) is 7.17. The number of fused-ring (bicyclic) bond motifs is 1. The van der Waals surface area contributed by atoms with Gasteiger partial charge in [-0.1, -0.05) is 40.0 Å². The summed E-state index contributed by atoms with van der Waals surface area (Å²) in [7, 11) is 0. The van der Waals surface area contributed by atoms with Crippen molar-refractivity contribution >= 4 is 11.8 Å². The van der Waals surface area contributed by atoms with E-state index in [-0.39, 0.29) is 52.9 Å². The Morgan fingerprint density at radius 2 is 1.68 bits per heavy atom. The second-order valence-electron chi connectivity index (χ2n) is 11.0. The summed E-state index contributed by atoms with van der Waals surface area (Å²) >= 11 is 0. The van der Waals surface area contributed by atoms with E-state index < -0.39 is 6.10 Å². The highest BCUT2D eigenvalue weighted by atomic mass is 16.3. The van der Waals surface area contributed by atoms with E-state index in [0.717, 1.165) is 64.5 Å². The third-order valence-electron chi connectivity index (χ3n) is 9.30. The van der Waals surface area contributed by atoms with Crippen LogP contribution in [0.3, 0.4) is 0 Å². The highest BCUT2D eigenvalue weighted by Gasteiger charge is 2.54. The minimum absolute atomic E-state index is 0.00132. The zero-order chi connectivity index (χ0) is 22.8. The lowest BCUT2D eigenvalue weighted by atomic mass is 9.51. The molecule has 5 nitrogen and oxygen atoms in total. The van der Waals surface area contributed by atoms with Gasteiger partial charge in [-0.15, -0.1) is 0 Å². The summed E-state index contributed by atoms with van der Waals surface area (Å²) in [5.74, 6) is 0.758. The number of amides is 2. The summed E-state index contributed by atoms with van der Waals surface area (Å²) in [4.78, 5) is 27.8. The first-order valence-corrected chi connectivity index (χ1v) is 13.0. The maximum Gasteiger partial charge on any atom is 0.225 e. The average molecular weight is 435 g/mol. The molecule has 0 aliphatic heterocycles. The second-order valence-corrected chi connectivity index (χ2v) is 11.0. The minimum atomic E-state index is -0.488. The molecular formula is C26H46N2O3. The predicted molar refractivity (Wildman–Crippen MR) is 124 cm³/mol. The van der Waals surface area contributed by atoms with Gasteiger partial charge in [0, 0.05) is 31.0 Å². The Labute approximate surface area is 189 Å². The van der Waals surface area contributed by atoms with Crippen LogP contribution in [0.4, 0.5) is 0 Å². The maximum atomic E-state index is 13.0. The fraction of sp³-hybridized carbons (Fsp3) is 0.923. The SMILES string of the molecule is CCN(CC)C(=O)[C@@H](C)C1CC[C@@]2(C)CC[C@H](NC(=O)C3CCCCC3)[C@@H](C)[C@@H]2[C@H]1O. The maximum absolute atomic E-state index is 13.0. The molecule has 3 saturated carbocycles. The second kappa shape index (κ2) is 10.2. The van der Waals surface area contributed by atoms with Crippen molar-refractivity contribution in [2.24, 2.45) is 35.0 Å². The van der Waals surface area contributed by atoms with Crippen LogP contribution in [0.1, 0.15) is 92.4 Å². The molecule has 3 aliphatic rings. The number of aliphatic hydroxyl groups is 1. The van der Waals surface area contributed by atoms with Crippen molar-refractivity contribution in [1.82, 2.24) is 10.2 Å². The van der Waals surface area contributed by atoms with Crippen LogP contribution in [-0.2, 0) is 9.59 Å². The molecule has 7 atom stereocenters. The van der Waals surface area contributed by atoms with Gasteiger partial charge in [-0.25, -0.2) is 0 Å². The van der Waals surface area contributed by atoms with Crippen molar-refractivity contribution in [3.05, 3.63) is 0 Å². The largest absolute Gasteiger partial charge is 0.392 e. The molecular weight excluding hydrogens is 388 g/mol. The van der Waals surface area contributed by atoms with E-state index in [1.807, 2.05) is 25.7 Å². The Kier molecular flexibility index (Phi) is 8.10. The van der Waals surface area contributed by atoms with E-state index in [0.29, 0.717) is 0 Å². The van der Waals surface area contributed by atoms with Gasteiger partial charge in [0.2, 0.25) is 11.8 Å². The standard InChI is InChI=1S/C26H46N2O3/c1-6-28(7-2)25(31)17(3)20-13-15-26(5)16-14-21(18(4)22(26)23(20)29)27-24(30)19-11-9-8-10-12-19/h17-23,29H,6-16H2,1-5H3,(H,27,30)/t17-,18+,20?,21-,22+,23-,26-/m0/s1. The van der Waals surface area contributed by atoms with Crippen LogP contribution >= 0.6 is 0 Å². The molecule has 0 heterocycles. The van der Waals surface area contributed by atoms with Crippen molar-refractivity contribution in [1.29, 1.82) is 0 Å². The van der Waals surface area contributed by atoms with Crippen molar-refractivity contribution in [3.63, 3.8) is 0 Å². The molecule has 0 radical (unpaired) electrons. The van der Waals surface area contributed by atoms with Gasteiger partial charge in [0.1, 0.15) is 0 Å². The van der Waals surface area contributed by atoms with E-state index in [1.165, 1.54) is 6.42 Å². The minimum Gasteiger partial charge on any atom is -0.392 e. The highest BCUT2D eigenvalue weighted by Crippen LogP contribution is 2.55. The molecule has 0 saturated heterocycles. The Hall–Kier alpha value is -1.10. The van der Waals surface area contributed by atoms with Crippen LogP contribution in [0.2, 0.25) is 0 Å². The Morgan fingerprint density at radius 3 is 2.29 bits per heavy atom. The highest BCUT2D eigenvalue weighted by molar-refractivity contribution is 5.79. The summed E-state index contributed by atoms with van der Waals surface area (Å²) < 4.78 is 0. The topological polar surface area (TPSA) is 69.6 Å². The number of carbonyl (C=O) groups excluding carboxylic acids is 2. The number of carbonyl (C=O) groups is 2. The van der Waals surface area contributed by atoms with Gasteiger partial charge in [-0.05, 0) is 75.5 Å². The smallest absolute Gasteiger partial charge is 0.225 e. The van der Waals surface area contributed by atoms with E-state index in [1.54, 1.807) is 0 Å². The van der Waals surface area contributed by atoms with Crippen LogP contribution < -0.4 is 5.32 Å². The number of hydrogen-bond acceptors (Lipinski definition) is 3. The first-order chi connectivity index (χ1) is 14.7. The van der Waals surface area contributed by atoms with Gasteiger partial charge in [-0.3, -0.25) is 9.59 Å². The molecule has 0 bridgehead atoms. The monoisotopic (exact) mass is 434 g/mol. The van der Waals surface area contributed by atoms with Gasteiger partial charge in [0.15, 0.2) is 0 Å².